The highest BCUT2D eigenvalue weighted by Gasteiger charge is 2.16. The van der Waals surface area contributed by atoms with Crippen LogP contribution in [0.5, 0.6) is 0 Å². The minimum atomic E-state index is -0.356. The van der Waals surface area contributed by atoms with E-state index < -0.39 is 0 Å². The number of benzene rings is 1. The summed E-state index contributed by atoms with van der Waals surface area (Å²) < 4.78 is 1.46. The van der Waals surface area contributed by atoms with Gasteiger partial charge in [0.15, 0.2) is 11.6 Å². The van der Waals surface area contributed by atoms with Crippen LogP contribution in [-0.4, -0.2) is 21.1 Å². The van der Waals surface area contributed by atoms with E-state index in [2.05, 4.69) is 4.98 Å². The van der Waals surface area contributed by atoms with Crippen molar-refractivity contribution in [1.82, 2.24) is 9.55 Å². The van der Waals surface area contributed by atoms with Gasteiger partial charge in [0.1, 0.15) is 0 Å². The summed E-state index contributed by atoms with van der Waals surface area (Å²) in [5, 5.41) is 0. The molecule has 0 aliphatic carbocycles. The van der Waals surface area contributed by atoms with Crippen molar-refractivity contribution in [3.63, 3.8) is 0 Å². The largest absolute Gasteiger partial charge is 0.310 e. The first-order valence-corrected chi connectivity index (χ1v) is 9.83. The fourth-order valence-corrected chi connectivity index (χ4v) is 3.20. The van der Waals surface area contributed by atoms with Crippen LogP contribution in [0.4, 0.5) is 0 Å². The molecular formula is C24H24N2O3. The van der Waals surface area contributed by atoms with E-state index >= 15 is 0 Å². The average molecular weight is 388 g/mol. The number of hydrogen-bond donors (Lipinski definition) is 0. The standard InChI is InChI=1S/C24H24N2O3/c1-2-22(27)21-15-19(23(28)13-8-12-20-11-6-7-14-25-20)17-26(24(21)29)16-18-9-4-3-5-10-18/h3-7,9-11,14-15,17H,2,8,12-13,16H2,1H3. The molecule has 0 amide bonds. The van der Waals surface area contributed by atoms with Gasteiger partial charge < -0.3 is 4.57 Å². The number of Topliss-reactive ketones (excluding diaryl/α,β-unsaturated/α-hetero) is 2. The van der Waals surface area contributed by atoms with E-state index in [9.17, 15) is 14.4 Å². The fraction of sp³-hybridized carbons (Fsp3) is 0.250. The number of hydrogen-bond acceptors (Lipinski definition) is 4. The molecule has 0 saturated carbocycles. The van der Waals surface area contributed by atoms with Gasteiger partial charge >= 0.3 is 0 Å². The molecule has 0 fully saturated rings. The maximum Gasteiger partial charge on any atom is 0.261 e. The first-order valence-electron chi connectivity index (χ1n) is 9.83. The molecule has 2 aromatic heterocycles. The second-order valence-corrected chi connectivity index (χ2v) is 6.94. The minimum Gasteiger partial charge on any atom is -0.310 e. The highest BCUT2D eigenvalue weighted by molar-refractivity contribution is 6.00. The molecule has 5 nitrogen and oxygen atoms in total. The molecule has 0 bridgehead atoms. The van der Waals surface area contributed by atoms with Gasteiger partial charge in [-0.3, -0.25) is 19.4 Å². The predicted molar refractivity (Wildman–Crippen MR) is 112 cm³/mol. The molecule has 1 aromatic carbocycles. The van der Waals surface area contributed by atoms with Crippen molar-refractivity contribution in [2.75, 3.05) is 0 Å². The van der Waals surface area contributed by atoms with Crippen molar-refractivity contribution in [2.24, 2.45) is 0 Å². The van der Waals surface area contributed by atoms with Gasteiger partial charge in [0.2, 0.25) is 0 Å². The SMILES string of the molecule is CCC(=O)c1cc(C(=O)CCCc2ccccn2)cn(Cc2ccccc2)c1=O. The molecule has 0 spiro atoms. The molecule has 0 aliphatic rings. The maximum atomic E-state index is 12.8. The highest BCUT2D eigenvalue weighted by atomic mass is 16.1. The van der Waals surface area contributed by atoms with Gasteiger partial charge in [-0.15, -0.1) is 0 Å². The van der Waals surface area contributed by atoms with Crippen LogP contribution in [0.15, 0.2) is 71.8 Å². The van der Waals surface area contributed by atoms with Crippen molar-refractivity contribution in [1.29, 1.82) is 0 Å². The van der Waals surface area contributed by atoms with Crippen LogP contribution in [0.1, 0.15) is 58.2 Å². The average Bonchev–Trinajstić information content (AvgIpc) is 2.76. The molecule has 2 heterocycles. The number of pyridine rings is 2. The second-order valence-electron chi connectivity index (χ2n) is 6.94. The van der Waals surface area contributed by atoms with Gasteiger partial charge in [0.05, 0.1) is 12.1 Å². The molecule has 3 rings (SSSR count). The summed E-state index contributed by atoms with van der Waals surface area (Å²) >= 11 is 0. The second kappa shape index (κ2) is 9.73. The molecule has 148 valence electrons. The van der Waals surface area contributed by atoms with Crippen LogP contribution in [0, 0.1) is 0 Å². The molecule has 0 aliphatic heterocycles. The van der Waals surface area contributed by atoms with Crippen molar-refractivity contribution in [3.05, 3.63) is 99.7 Å². The number of carbonyl (C=O) groups is 2. The van der Waals surface area contributed by atoms with Gasteiger partial charge in [-0.05, 0) is 36.6 Å². The highest BCUT2D eigenvalue weighted by Crippen LogP contribution is 2.11. The quantitative estimate of drug-likeness (QED) is 0.518. The number of nitrogens with zero attached hydrogens (tertiary/aromatic N) is 2. The Morgan fingerprint density at radius 3 is 2.45 bits per heavy atom. The Morgan fingerprint density at radius 2 is 1.76 bits per heavy atom. The van der Waals surface area contributed by atoms with Crippen LogP contribution in [0.2, 0.25) is 0 Å². The molecule has 0 saturated heterocycles. The third kappa shape index (κ3) is 5.35. The molecule has 0 atom stereocenters. The third-order valence-electron chi connectivity index (χ3n) is 4.79. The zero-order valence-corrected chi connectivity index (χ0v) is 16.5. The Morgan fingerprint density at radius 1 is 1.00 bits per heavy atom. The summed E-state index contributed by atoms with van der Waals surface area (Å²) in [5.74, 6) is -0.326. The number of carbonyl (C=O) groups excluding carboxylic acids is 2. The Bertz CT molecular complexity index is 1040. The minimum absolute atomic E-state index is 0.0760. The van der Waals surface area contributed by atoms with E-state index in [0.29, 0.717) is 31.4 Å². The maximum absolute atomic E-state index is 12.8. The fourth-order valence-electron chi connectivity index (χ4n) is 3.20. The van der Waals surface area contributed by atoms with Crippen LogP contribution < -0.4 is 5.56 Å². The van der Waals surface area contributed by atoms with Crippen LogP contribution in [0.3, 0.4) is 0 Å². The first kappa shape index (κ1) is 20.4. The van der Waals surface area contributed by atoms with Crippen LogP contribution >= 0.6 is 0 Å². The zero-order valence-electron chi connectivity index (χ0n) is 16.5. The lowest BCUT2D eigenvalue weighted by Crippen LogP contribution is -2.28. The molecule has 0 N–H and O–H groups in total. The molecule has 29 heavy (non-hydrogen) atoms. The van der Waals surface area contributed by atoms with Crippen molar-refractivity contribution in [2.45, 2.75) is 39.2 Å². The van der Waals surface area contributed by atoms with Crippen molar-refractivity contribution in [3.8, 4) is 0 Å². The smallest absolute Gasteiger partial charge is 0.261 e. The van der Waals surface area contributed by atoms with Crippen molar-refractivity contribution >= 4 is 11.6 Å². The normalized spacial score (nSPS) is 10.7. The monoisotopic (exact) mass is 388 g/mol. The van der Waals surface area contributed by atoms with Crippen molar-refractivity contribution < 1.29 is 9.59 Å². The Hall–Kier alpha value is -3.34. The van der Waals surface area contributed by atoms with E-state index in [-0.39, 0.29) is 29.1 Å². The van der Waals surface area contributed by atoms with Gasteiger partial charge in [-0.2, -0.15) is 0 Å². The van der Waals surface area contributed by atoms with Gasteiger partial charge in [-0.25, -0.2) is 0 Å². The topological polar surface area (TPSA) is 69.0 Å². The number of aryl methyl sites for hydroxylation is 1. The molecule has 3 aromatic rings. The lowest BCUT2D eigenvalue weighted by molar-refractivity contribution is 0.0979. The lowest BCUT2D eigenvalue weighted by Gasteiger charge is -2.11. The van der Waals surface area contributed by atoms with E-state index in [0.717, 1.165) is 11.3 Å². The lowest BCUT2D eigenvalue weighted by atomic mass is 10.0. The summed E-state index contributed by atoms with van der Waals surface area (Å²) in [7, 11) is 0. The first-order chi connectivity index (χ1) is 14.1. The summed E-state index contributed by atoms with van der Waals surface area (Å²) in [5.41, 5.74) is 2.00. The molecule has 5 heteroatoms. The van der Waals surface area contributed by atoms with Crippen LogP contribution in [-0.2, 0) is 13.0 Å². The van der Waals surface area contributed by atoms with Crippen LogP contribution in [0.25, 0.3) is 0 Å². The Labute approximate surface area is 170 Å². The molecule has 0 unspecified atom stereocenters. The summed E-state index contributed by atoms with van der Waals surface area (Å²) in [6.45, 7) is 2.03. The van der Waals surface area contributed by atoms with E-state index in [1.807, 2.05) is 48.5 Å². The number of rotatable bonds is 9. The Kier molecular flexibility index (Phi) is 6.85. The molecule has 0 radical (unpaired) electrons. The van der Waals surface area contributed by atoms with Gasteiger partial charge in [0.25, 0.3) is 5.56 Å². The van der Waals surface area contributed by atoms with Gasteiger partial charge in [-0.1, -0.05) is 43.3 Å². The molecular weight excluding hydrogens is 364 g/mol. The van der Waals surface area contributed by atoms with E-state index in [1.165, 1.54) is 10.6 Å². The third-order valence-corrected chi connectivity index (χ3v) is 4.79. The number of aromatic nitrogens is 2. The Balaban J connectivity index is 1.82. The van der Waals surface area contributed by atoms with E-state index in [1.54, 1.807) is 19.3 Å². The zero-order chi connectivity index (χ0) is 20.6. The summed E-state index contributed by atoms with van der Waals surface area (Å²) in [4.78, 5) is 42.1. The predicted octanol–water partition coefficient (Wildman–Crippen LogP) is 4.09. The number of ketones is 2. The summed E-state index contributed by atoms with van der Waals surface area (Å²) in [6, 6.07) is 16.7. The summed E-state index contributed by atoms with van der Waals surface area (Å²) in [6.07, 6.45) is 5.23. The van der Waals surface area contributed by atoms with E-state index in [4.69, 9.17) is 0 Å². The van der Waals surface area contributed by atoms with Gasteiger partial charge in [0, 0.05) is 36.5 Å².